The molecule has 0 spiro atoms. The maximum absolute atomic E-state index is 13.4. The highest BCUT2D eigenvalue weighted by atomic mass is 127. The van der Waals surface area contributed by atoms with Crippen LogP contribution in [-0.4, -0.2) is 29.1 Å². The van der Waals surface area contributed by atoms with E-state index in [-0.39, 0.29) is 12.1 Å². The van der Waals surface area contributed by atoms with Crippen LogP contribution in [0.5, 0.6) is 11.5 Å². The first-order valence-corrected chi connectivity index (χ1v) is 13.5. The maximum Gasteiger partial charge on any atom is 0.410 e. The highest BCUT2D eigenvalue weighted by molar-refractivity contribution is 14.1. The molecule has 1 aliphatic rings. The lowest BCUT2D eigenvalue weighted by atomic mass is 9.97. The van der Waals surface area contributed by atoms with E-state index in [9.17, 15) is 9.59 Å². The lowest BCUT2D eigenvalue weighted by molar-refractivity contribution is 0.0223. The number of esters is 1. The minimum absolute atomic E-state index is 0.168. The quantitative estimate of drug-likeness (QED) is 0.164. The lowest BCUT2D eigenvalue weighted by Gasteiger charge is -2.30. The molecule has 0 N–H and O–H groups in total. The topological polar surface area (TPSA) is 65.1 Å². The van der Waals surface area contributed by atoms with Crippen LogP contribution in [-0.2, 0) is 11.3 Å². The minimum atomic E-state index is -0.581. The van der Waals surface area contributed by atoms with E-state index < -0.39 is 11.6 Å². The zero-order valence-corrected chi connectivity index (χ0v) is 23.8. The summed E-state index contributed by atoms with van der Waals surface area (Å²) >= 11 is 2.26. The van der Waals surface area contributed by atoms with Gasteiger partial charge < -0.3 is 19.1 Å². The van der Waals surface area contributed by atoms with Gasteiger partial charge in [0.25, 0.3) is 0 Å². The Labute approximate surface area is 232 Å². The number of rotatable bonds is 6. The van der Waals surface area contributed by atoms with Crippen molar-refractivity contribution >= 4 is 34.7 Å². The second-order valence-corrected chi connectivity index (χ2v) is 11.2. The number of carbonyl (C=O) groups excluding carboxylic acids is 2. The first kappa shape index (κ1) is 27.0. The van der Waals surface area contributed by atoms with Gasteiger partial charge in [-0.3, -0.25) is 0 Å². The molecule has 3 aromatic rings. The van der Waals surface area contributed by atoms with Crippen LogP contribution >= 0.6 is 22.6 Å². The molecule has 37 heavy (non-hydrogen) atoms. The molecule has 1 heterocycles. The third-order valence-corrected chi connectivity index (χ3v) is 7.56. The smallest absolute Gasteiger partial charge is 0.410 e. The summed E-state index contributed by atoms with van der Waals surface area (Å²) in [6.07, 6.45) is 1.35. The molecule has 1 atom stereocenters. The number of ether oxygens (including phenoxy) is 3. The predicted molar refractivity (Wildman–Crippen MR) is 151 cm³/mol. The lowest BCUT2D eigenvalue weighted by Crippen LogP contribution is -2.36. The molecular formula is C30H32INO5. The standard InChI is InChI=1S/C30H32INO5/c1-20-26(28(33)36-22-14-9-6-10-15-22)25(35-19-21-12-7-5-8-13-21)18-23(27(20)31)24-16-11-17-32(24)29(34)37-30(2,3)4/h5-10,12-15,18,24H,11,16-17,19H2,1-4H3. The highest BCUT2D eigenvalue weighted by Crippen LogP contribution is 2.41. The van der Waals surface area contributed by atoms with Gasteiger partial charge in [0, 0.05) is 10.1 Å². The molecule has 4 rings (SSSR count). The van der Waals surface area contributed by atoms with Crippen molar-refractivity contribution < 1.29 is 23.8 Å². The van der Waals surface area contributed by atoms with Crippen molar-refractivity contribution in [2.45, 2.75) is 58.8 Å². The summed E-state index contributed by atoms with van der Waals surface area (Å²) in [5.74, 6) is 0.423. The second-order valence-electron chi connectivity index (χ2n) is 10.1. The number of hydrogen-bond acceptors (Lipinski definition) is 5. The van der Waals surface area contributed by atoms with Gasteiger partial charge in [-0.1, -0.05) is 48.5 Å². The van der Waals surface area contributed by atoms with Gasteiger partial charge in [-0.25, -0.2) is 9.59 Å². The number of para-hydroxylation sites is 1. The summed E-state index contributed by atoms with van der Waals surface area (Å²) in [6, 6.07) is 20.5. The molecule has 1 aliphatic heterocycles. The highest BCUT2D eigenvalue weighted by Gasteiger charge is 2.36. The summed E-state index contributed by atoms with van der Waals surface area (Å²) in [7, 11) is 0. The Morgan fingerprint density at radius 1 is 1.03 bits per heavy atom. The molecule has 0 aliphatic carbocycles. The molecule has 0 aromatic heterocycles. The predicted octanol–water partition coefficient (Wildman–Crippen LogP) is 7.47. The van der Waals surface area contributed by atoms with Gasteiger partial charge in [0.05, 0.1) is 6.04 Å². The van der Waals surface area contributed by atoms with Gasteiger partial charge >= 0.3 is 12.1 Å². The Morgan fingerprint density at radius 2 is 1.68 bits per heavy atom. The van der Waals surface area contributed by atoms with Gasteiger partial charge in [-0.2, -0.15) is 0 Å². The first-order valence-electron chi connectivity index (χ1n) is 12.4. The third-order valence-electron chi connectivity index (χ3n) is 6.13. The number of benzene rings is 3. The fourth-order valence-electron chi connectivity index (χ4n) is 4.41. The Kier molecular flexibility index (Phi) is 8.42. The van der Waals surface area contributed by atoms with Gasteiger partial charge in [0.2, 0.25) is 0 Å². The number of halogens is 1. The Morgan fingerprint density at radius 3 is 2.32 bits per heavy atom. The van der Waals surface area contributed by atoms with Crippen LogP contribution in [0.1, 0.15) is 66.7 Å². The van der Waals surface area contributed by atoms with Crippen molar-refractivity contribution in [3.63, 3.8) is 0 Å². The van der Waals surface area contributed by atoms with E-state index in [2.05, 4.69) is 22.6 Å². The van der Waals surface area contributed by atoms with E-state index >= 15 is 0 Å². The molecule has 194 valence electrons. The van der Waals surface area contributed by atoms with Crippen LogP contribution in [0.25, 0.3) is 0 Å². The van der Waals surface area contributed by atoms with Crippen LogP contribution in [0.15, 0.2) is 66.7 Å². The maximum atomic E-state index is 13.4. The van der Waals surface area contributed by atoms with Gasteiger partial charge in [0.15, 0.2) is 0 Å². The van der Waals surface area contributed by atoms with E-state index in [1.54, 1.807) is 17.0 Å². The summed E-state index contributed by atoms with van der Waals surface area (Å²) < 4.78 is 18.6. The number of nitrogens with zero attached hydrogens (tertiary/aromatic N) is 1. The summed E-state index contributed by atoms with van der Waals surface area (Å²) in [5.41, 5.74) is 2.50. The Hall–Kier alpha value is -3.07. The summed E-state index contributed by atoms with van der Waals surface area (Å²) in [5, 5.41) is 0. The van der Waals surface area contributed by atoms with Crippen molar-refractivity contribution in [1.82, 2.24) is 4.90 Å². The van der Waals surface area contributed by atoms with Gasteiger partial charge in [-0.05, 0) is 98.0 Å². The molecule has 0 saturated carbocycles. The largest absolute Gasteiger partial charge is 0.488 e. The molecule has 1 amide bonds. The van der Waals surface area contributed by atoms with Crippen molar-refractivity contribution in [3.8, 4) is 11.5 Å². The van der Waals surface area contributed by atoms with E-state index in [1.165, 1.54) is 0 Å². The normalized spacial score (nSPS) is 15.4. The monoisotopic (exact) mass is 613 g/mol. The van der Waals surface area contributed by atoms with Crippen molar-refractivity contribution in [2.75, 3.05) is 6.54 Å². The zero-order chi connectivity index (χ0) is 26.6. The van der Waals surface area contributed by atoms with Crippen LogP contribution in [0.2, 0.25) is 0 Å². The minimum Gasteiger partial charge on any atom is -0.488 e. The average molecular weight is 613 g/mol. The van der Waals surface area contributed by atoms with Gasteiger partial charge in [-0.15, -0.1) is 0 Å². The fourth-order valence-corrected chi connectivity index (χ4v) is 5.19. The molecular weight excluding hydrogens is 581 g/mol. The molecule has 6 nitrogen and oxygen atoms in total. The molecule has 3 aromatic carbocycles. The van der Waals surface area contributed by atoms with E-state index in [1.807, 2.05) is 82.3 Å². The van der Waals surface area contributed by atoms with Crippen LogP contribution in [0, 0.1) is 10.5 Å². The third kappa shape index (κ3) is 6.63. The van der Waals surface area contributed by atoms with Crippen molar-refractivity contribution in [3.05, 3.63) is 92.6 Å². The van der Waals surface area contributed by atoms with E-state index in [0.29, 0.717) is 30.2 Å². The molecule has 1 saturated heterocycles. The second kappa shape index (κ2) is 11.5. The van der Waals surface area contributed by atoms with E-state index in [0.717, 1.165) is 33.1 Å². The summed E-state index contributed by atoms with van der Waals surface area (Å²) in [4.78, 5) is 28.2. The SMILES string of the molecule is Cc1c(I)c(C2CCCN2C(=O)OC(C)(C)C)cc(OCc2ccccc2)c1C(=O)Oc1ccccc1. The van der Waals surface area contributed by atoms with Crippen LogP contribution in [0.4, 0.5) is 4.79 Å². The zero-order valence-electron chi connectivity index (χ0n) is 21.6. The van der Waals surface area contributed by atoms with Crippen LogP contribution < -0.4 is 9.47 Å². The summed E-state index contributed by atoms with van der Waals surface area (Å²) in [6.45, 7) is 8.42. The molecule has 1 unspecified atom stereocenters. The van der Waals surface area contributed by atoms with Crippen molar-refractivity contribution in [2.24, 2.45) is 0 Å². The van der Waals surface area contributed by atoms with Gasteiger partial charge in [0.1, 0.15) is 29.3 Å². The first-order chi connectivity index (χ1) is 17.6. The van der Waals surface area contributed by atoms with E-state index in [4.69, 9.17) is 14.2 Å². The average Bonchev–Trinajstić information content (AvgIpc) is 3.35. The number of amides is 1. The molecule has 7 heteroatoms. The number of hydrogen-bond donors (Lipinski definition) is 0. The number of likely N-dealkylation sites (tertiary alicyclic amines) is 1. The Balaban J connectivity index is 1.72. The molecule has 0 radical (unpaired) electrons. The van der Waals surface area contributed by atoms with Crippen molar-refractivity contribution in [1.29, 1.82) is 0 Å². The molecule has 0 bridgehead atoms. The molecule has 1 fully saturated rings. The van der Waals surface area contributed by atoms with Crippen LogP contribution in [0.3, 0.4) is 0 Å². The fraction of sp³-hybridized carbons (Fsp3) is 0.333. The number of carbonyl (C=O) groups is 2. The Bertz CT molecular complexity index is 1250.